The predicted molar refractivity (Wildman–Crippen MR) is 147 cm³/mol. The van der Waals surface area contributed by atoms with E-state index < -0.39 is 5.97 Å². The number of aryl methyl sites for hydroxylation is 2. The van der Waals surface area contributed by atoms with Gasteiger partial charge in [0.1, 0.15) is 16.5 Å². The van der Waals surface area contributed by atoms with Gasteiger partial charge in [0.05, 0.1) is 31.8 Å². The Morgan fingerprint density at radius 1 is 1.05 bits per heavy atom. The molecule has 0 atom stereocenters. The molecule has 0 aliphatic rings. The van der Waals surface area contributed by atoms with Gasteiger partial charge in [-0.05, 0) is 53.9 Å². The molecule has 196 valence electrons. The number of rotatable bonds is 8. The lowest BCUT2D eigenvalue weighted by Crippen LogP contribution is -2.17. The Morgan fingerprint density at radius 3 is 2.45 bits per heavy atom. The maximum absolute atomic E-state index is 11.9. The van der Waals surface area contributed by atoms with Crippen molar-refractivity contribution >= 4 is 46.6 Å². The van der Waals surface area contributed by atoms with Crippen molar-refractivity contribution < 1.29 is 19.1 Å². The van der Waals surface area contributed by atoms with Gasteiger partial charge >= 0.3 is 5.97 Å². The van der Waals surface area contributed by atoms with Gasteiger partial charge in [-0.15, -0.1) is 0 Å². The minimum atomic E-state index is -0.454. The van der Waals surface area contributed by atoms with Crippen LogP contribution in [0.1, 0.15) is 26.4 Å². The van der Waals surface area contributed by atoms with Crippen LogP contribution in [-0.4, -0.2) is 47.7 Å². The molecule has 0 bridgehead atoms. The fraction of sp³-hybridized carbons (Fsp3) is 0.185. The van der Waals surface area contributed by atoms with Crippen LogP contribution in [0.15, 0.2) is 54.9 Å². The summed E-state index contributed by atoms with van der Waals surface area (Å²) in [6.45, 7) is 1.98. The quantitative estimate of drug-likeness (QED) is 0.268. The number of benzene rings is 2. The fourth-order valence-corrected chi connectivity index (χ4v) is 4.06. The number of hydrogen-bond acceptors (Lipinski definition) is 8. The van der Waals surface area contributed by atoms with Crippen LogP contribution in [-0.2, 0) is 11.8 Å². The normalized spacial score (nSPS) is 10.6. The number of hydrogen-bond donors (Lipinski definition) is 3. The first-order valence-corrected chi connectivity index (χ1v) is 11.9. The number of halogens is 1. The molecule has 0 aliphatic carbocycles. The average molecular weight is 535 g/mol. The number of carbonyl (C=O) groups is 2. The fourth-order valence-electron chi connectivity index (χ4n) is 3.92. The van der Waals surface area contributed by atoms with E-state index in [9.17, 15) is 9.59 Å². The second-order valence-electron chi connectivity index (χ2n) is 8.38. The zero-order valence-corrected chi connectivity index (χ0v) is 22.3. The second kappa shape index (κ2) is 11.2. The molecule has 0 saturated carbocycles. The minimum absolute atomic E-state index is 0.140. The molecule has 4 aromatic rings. The molecular formula is C27H27ClN6O4. The lowest BCUT2D eigenvalue weighted by Gasteiger charge is -2.16. The molecule has 0 unspecified atom stereocenters. The molecular weight excluding hydrogens is 508 g/mol. The summed E-state index contributed by atoms with van der Waals surface area (Å²) in [5, 5.41) is 9.23. The van der Waals surface area contributed by atoms with E-state index in [2.05, 4.69) is 25.9 Å². The van der Waals surface area contributed by atoms with Gasteiger partial charge in [-0.2, -0.15) is 4.98 Å². The molecule has 0 fully saturated rings. The summed E-state index contributed by atoms with van der Waals surface area (Å²) in [6, 6.07) is 12.9. The Morgan fingerprint density at radius 2 is 1.79 bits per heavy atom. The molecule has 3 N–H and O–H groups in total. The number of nitrogens with one attached hydrogen (secondary N) is 3. The molecule has 2 heterocycles. The van der Waals surface area contributed by atoms with Gasteiger partial charge in [0.15, 0.2) is 5.82 Å². The maximum atomic E-state index is 11.9. The van der Waals surface area contributed by atoms with Gasteiger partial charge < -0.3 is 30.0 Å². The van der Waals surface area contributed by atoms with E-state index in [1.54, 1.807) is 50.2 Å². The van der Waals surface area contributed by atoms with Crippen LogP contribution in [0.3, 0.4) is 0 Å². The van der Waals surface area contributed by atoms with Crippen molar-refractivity contribution in [3.05, 3.63) is 76.7 Å². The number of esters is 1. The van der Waals surface area contributed by atoms with Gasteiger partial charge in [-0.3, -0.25) is 4.79 Å². The van der Waals surface area contributed by atoms with Crippen LogP contribution in [0.25, 0.3) is 11.1 Å². The Labute approximate surface area is 225 Å². The Kier molecular flexibility index (Phi) is 7.82. The van der Waals surface area contributed by atoms with E-state index in [0.717, 1.165) is 16.7 Å². The standard InChI is InChI=1S/C27H27ClN6O4/c1-15-10-21(23(37-4)12-19(15)16-6-8-17(9-7-16)25(35)29-2)32-27-30-13-20(28)24(33-27)31-18-11-22(26(36)38-5)34(3)14-18/h6-14H,1-5H3,(H,29,35)(H2,30,31,32,33). The van der Waals surface area contributed by atoms with E-state index in [0.29, 0.717) is 45.2 Å². The number of ether oxygens (including phenoxy) is 2. The highest BCUT2D eigenvalue weighted by atomic mass is 35.5. The van der Waals surface area contributed by atoms with E-state index in [1.807, 2.05) is 31.2 Å². The van der Waals surface area contributed by atoms with Gasteiger partial charge in [-0.1, -0.05) is 23.7 Å². The smallest absolute Gasteiger partial charge is 0.354 e. The number of anilines is 4. The first kappa shape index (κ1) is 26.5. The average Bonchev–Trinajstić information content (AvgIpc) is 3.29. The highest BCUT2D eigenvalue weighted by molar-refractivity contribution is 6.32. The maximum Gasteiger partial charge on any atom is 0.354 e. The van der Waals surface area contributed by atoms with Crippen molar-refractivity contribution in [3.63, 3.8) is 0 Å². The first-order chi connectivity index (χ1) is 18.2. The Bertz CT molecular complexity index is 1500. The second-order valence-corrected chi connectivity index (χ2v) is 8.79. The zero-order valence-electron chi connectivity index (χ0n) is 21.5. The molecule has 0 aliphatic heterocycles. The zero-order chi connectivity index (χ0) is 27.4. The predicted octanol–water partition coefficient (Wildman–Crippen LogP) is 5.09. The molecule has 0 saturated heterocycles. The molecule has 2 aromatic carbocycles. The summed E-state index contributed by atoms with van der Waals surface area (Å²) in [5.41, 5.74) is 5.12. The van der Waals surface area contributed by atoms with Crippen LogP contribution >= 0.6 is 11.6 Å². The summed E-state index contributed by atoms with van der Waals surface area (Å²) >= 11 is 6.33. The van der Waals surface area contributed by atoms with Crippen LogP contribution in [0.4, 0.5) is 23.1 Å². The van der Waals surface area contributed by atoms with Crippen LogP contribution in [0, 0.1) is 6.92 Å². The van der Waals surface area contributed by atoms with Gasteiger partial charge in [-0.25, -0.2) is 9.78 Å². The van der Waals surface area contributed by atoms with E-state index >= 15 is 0 Å². The van der Waals surface area contributed by atoms with E-state index in [-0.39, 0.29) is 5.91 Å². The molecule has 10 nitrogen and oxygen atoms in total. The molecule has 1 amide bonds. The summed E-state index contributed by atoms with van der Waals surface area (Å²) < 4.78 is 12.1. The SMILES string of the molecule is CNC(=O)c1ccc(-c2cc(OC)c(Nc3ncc(Cl)c(Nc4cc(C(=O)OC)n(C)c4)n3)cc2C)cc1. The lowest BCUT2D eigenvalue weighted by atomic mass is 9.98. The number of amides is 1. The highest BCUT2D eigenvalue weighted by Gasteiger charge is 2.16. The third kappa shape index (κ3) is 5.55. The molecule has 2 aromatic heterocycles. The number of aromatic nitrogens is 3. The third-order valence-corrected chi connectivity index (χ3v) is 6.16. The van der Waals surface area contributed by atoms with Crippen LogP contribution in [0.2, 0.25) is 5.02 Å². The number of nitrogens with zero attached hydrogens (tertiary/aromatic N) is 3. The third-order valence-electron chi connectivity index (χ3n) is 5.88. The topological polar surface area (TPSA) is 119 Å². The molecule has 0 radical (unpaired) electrons. The van der Waals surface area contributed by atoms with Gasteiger partial charge in [0, 0.05) is 25.9 Å². The lowest BCUT2D eigenvalue weighted by molar-refractivity contribution is 0.0589. The van der Waals surface area contributed by atoms with Crippen molar-refractivity contribution in [1.82, 2.24) is 19.9 Å². The summed E-state index contributed by atoms with van der Waals surface area (Å²) in [4.78, 5) is 32.6. The van der Waals surface area contributed by atoms with Gasteiger partial charge in [0.2, 0.25) is 5.95 Å². The monoisotopic (exact) mass is 534 g/mol. The molecule has 11 heteroatoms. The van der Waals surface area contributed by atoms with Crippen molar-refractivity contribution in [2.24, 2.45) is 7.05 Å². The Balaban J connectivity index is 1.59. The molecule has 38 heavy (non-hydrogen) atoms. The summed E-state index contributed by atoms with van der Waals surface area (Å²) in [5.74, 6) is 0.638. The van der Waals surface area contributed by atoms with Crippen molar-refractivity contribution in [3.8, 4) is 16.9 Å². The minimum Gasteiger partial charge on any atom is -0.495 e. The largest absolute Gasteiger partial charge is 0.495 e. The van der Waals surface area contributed by atoms with E-state index in [1.165, 1.54) is 13.3 Å². The van der Waals surface area contributed by atoms with Gasteiger partial charge in [0.25, 0.3) is 5.91 Å². The van der Waals surface area contributed by atoms with Crippen LogP contribution in [0.5, 0.6) is 5.75 Å². The highest BCUT2D eigenvalue weighted by Crippen LogP contribution is 2.36. The summed E-state index contributed by atoms with van der Waals surface area (Å²) in [7, 11) is 6.25. The van der Waals surface area contributed by atoms with Crippen molar-refractivity contribution in [2.75, 3.05) is 31.9 Å². The Hall–Kier alpha value is -4.57. The molecule has 0 spiro atoms. The van der Waals surface area contributed by atoms with E-state index in [4.69, 9.17) is 21.1 Å². The molecule has 4 rings (SSSR count). The first-order valence-electron chi connectivity index (χ1n) is 11.6. The number of methoxy groups -OCH3 is 2. The summed E-state index contributed by atoms with van der Waals surface area (Å²) in [6.07, 6.45) is 3.20. The van der Waals surface area contributed by atoms with Crippen molar-refractivity contribution in [2.45, 2.75) is 6.92 Å². The van der Waals surface area contributed by atoms with Crippen molar-refractivity contribution in [1.29, 1.82) is 0 Å². The number of carbonyl (C=O) groups excluding carboxylic acids is 2. The van der Waals surface area contributed by atoms with Crippen LogP contribution < -0.4 is 20.7 Å².